The second kappa shape index (κ2) is 7.31. The third-order valence-electron chi connectivity index (χ3n) is 3.71. The van der Waals surface area contributed by atoms with E-state index in [-0.39, 0.29) is 6.61 Å². The Morgan fingerprint density at radius 1 is 1.28 bits per heavy atom. The molecule has 0 saturated carbocycles. The molecule has 1 unspecified atom stereocenters. The first-order valence-corrected chi connectivity index (χ1v) is 9.84. The van der Waals surface area contributed by atoms with Crippen LogP contribution in [0.3, 0.4) is 0 Å². The van der Waals surface area contributed by atoms with Crippen molar-refractivity contribution in [2.45, 2.75) is 44.9 Å². The van der Waals surface area contributed by atoms with Gasteiger partial charge >= 0.3 is 6.09 Å². The molecule has 1 N–H and O–H groups in total. The Morgan fingerprint density at radius 2 is 1.92 bits per heavy atom. The van der Waals surface area contributed by atoms with Crippen molar-refractivity contribution in [1.82, 2.24) is 5.32 Å². The van der Waals surface area contributed by atoms with Crippen LogP contribution in [0.1, 0.15) is 38.3 Å². The van der Waals surface area contributed by atoms with Crippen LogP contribution < -0.4 is 5.32 Å². The minimum Gasteiger partial charge on any atom is -0.444 e. The molecule has 1 amide bonds. The van der Waals surface area contributed by atoms with E-state index in [4.69, 9.17) is 13.7 Å². The zero-order valence-electron chi connectivity index (χ0n) is 15.0. The highest BCUT2D eigenvalue weighted by molar-refractivity contribution is 7.85. The van der Waals surface area contributed by atoms with Gasteiger partial charge in [0.15, 0.2) is 0 Å². The minimum absolute atomic E-state index is 0.0257. The molecule has 1 atom stereocenters. The van der Waals surface area contributed by atoms with Crippen LogP contribution in [0.2, 0.25) is 0 Å². The molecule has 7 nitrogen and oxygen atoms in total. The van der Waals surface area contributed by atoms with Gasteiger partial charge in [-0.15, -0.1) is 0 Å². The summed E-state index contributed by atoms with van der Waals surface area (Å²) >= 11 is 0. The Labute approximate surface area is 148 Å². The zero-order valence-corrected chi connectivity index (χ0v) is 15.8. The fourth-order valence-corrected chi connectivity index (χ4v) is 2.91. The highest BCUT2D eigenvalue weighted by atomic mass is 32.2. The first kappa shape index (κ1) is 19.7. The van der Waals surface area contributed by atoms with Crippen molar-refractivity contribution in [3.05, 3.63) is 35.4 Å². The van der Waals surface area contributed by atoms with E-state index in [1.165, 1.54) is 0 Å². The van der Waals surface area contributed by atoms with Gasteiger partial charge in [-0.2, -0.15) is 8.42 Å². The zero-order chi connectivity index (χ0) is 18.7. The van der Waals surface area contributed by atoms with Crippen molar-refractivity contribution in [2.24, 2.45) is 0 Å². The van der Waals surface area contributed by atoms with Gasteiger partial charge in [0, 0.05) is 13.0 Å². The fourth-order valence-electron chi connectivity index (χ4n) is 2.56. The van der Waals surface area contributed by atoms with Crippen LogP contribution in [-0.4, -0.2) is 39.6 Å². The topological polar surface area (TPSA) is 90.9 Å². The molecule has 8 heteroatoms. The summed E-state index contributed by atoms with van der Waals surface area (Å²) in [6.45, 7) is 6.28. The van der Waals surface area contributed by atoms with Gasteiger partial charge in [0.05, 0.1) is 25.0 Å². The molecular weight excluding hydrogens is 346 g/mol. The van der Waals surface area contributed by atoms with E-state index in [0.29, 0.717) is 19.6 Å². The lowest BCUT2D eigenvalue weighted by Gasteiger charge is -2.31. The molecule has 1 heterocycles. The molecular formula is C17H25NO6S. The van der Waals surface area contributed by atoms with Gasteiger partial charge in [-0.05, 0) is 31.9 Å². The van der Waals surface area contributed by atoms with E-state index < -0.39 is 27.4 Å². The van der Waals surface area contributed by atoms with Gasteiger partial charge in [-0.1, -0.05) is 24.3 Å². The van der Waals surface area contributed by atoms with Crippen molar-refractivity contribution in [1.29, 1.82) is 0 Å². The lowest BCUT2D eigenvalue weighted by molar-refractivity contribution is 0.0437. The first-order chi connectivity index (χ1) is 11.5. The lowest BCUT2D eigenvalue weighted by Crippen LogP contribution is -2.48. The van der Waals surface area contributed by atoms with Crippen molar-refractivity contribution in [2.75, 3.05) is 19.5 Å². The largest absolute Gasteiger partial charge is 0.444 e. The number of carbonyl (C=O) groups excluding carboxylic acids is 1. The van der Waals surface area contributed by atoms with E-state index in [2.05, 4.69) is 5.32 Å². The summed E-state index contributed by atoms with van der Waals surface area (Å²) in [5, 5.41) is 2.93. The summed E-state index contributed by atoms with van der Waals surface area (Å²) in [5.74, 6) is 0. The Morgan fingerprint density at radius 3 is 2.40 bits per heavy atom. The maximum Gasteiger partial charge on any atom is 0.408 e. The molecule has 1 aromatic carbocycles. The quantitative estimate of drug-likeness (QED) is 0.799. The van der Waals surface area contributed by atoms with Crippen LogP contribution in [0, 0.1) is 0 Å². The van der Waals surface area contributed by atoms with Gasteiger partial charge in [-0.3, -0.25) is 4.18 Å². The van der Waals surface area contributed by atoms with Gasteiger partial charge in [0.2, 0.25) is 0 Å². The number of hydrogen-bond acceptors (Lipinski definition) is 6. The summed E-state index contributed by atoms with van der Waals surface area (Å²) in [6.07, 6.45) is 1.14. The van der Waals surface area contributed by atoms with Crippen molar-refractivity contribution in [3.8, 4) is 0 Å². The molecule has 1 aliphatic rings. The summed E-state index contributed by atoms with van der Waals surface area (Å²) < 4.78 is 37.8. The van der Waals surface area contributed by atoms with E-state index in [9.17, 15) is 13.2 Å². The average molecular weight is 371 g/mol. The predicted octanol–water partition coefficient (Wildman–Crippen LogP) is 2.30. The molecule has 0 radical (unpaired) electrons. The van der Waals surface area contributed by atoms with Crippen LogP contribution in [0.5, 0.6) is 0 Å². The normalized spacial score (nSPS) is 21.1. The molecule has 2 rings (SSSR count). The average Bonchev–Trinajstić information content (AvgIpc) is 2.92. The molecule has 0 bridgehead atoms. The number of amides is 1. The monoisotopic (exact) mass is 371 g/mol. The first-order valence-electron chi connectivity index (χ1n) is 8.02. The van der Waals surface area contributed by atoms with Crippen LogP contribution in [0.4, 0.5) is 4.79 Å². The summed E-state index contributed by atoms with van der Waals surface area (Å²) in [7, 11) is -3.49. The molecule has 1 saturated heterocycles. The van der Waals surface area contributed by atoms with Crippen molar-refractivity contribution < 1.29 is 26.9 Å². The molecule has 1 fully saturated rings. The van der Waals surface area contributed by atoms with Crippen LogP contribution in [-0.2, 0) is 35.9 Å². The van der Waals surface area contributed by atoms with Crippen molar-refractivity contribution >= 4 is 16.2 Å². The molecule has 1 aromatic rings. The second-order valence-electron chi connectivity index (χ2n) is 7.17. The molecule has 140 valence electrons. The fraction of sp³-hybridized carbons (Fsp3) is 0.588. The van der Waals surface area contributed by atoms with Gasteiger partial charge < -0.3 is 14.8 Å². The lowest BCUT2D eigenvalue weighted by atomic mass is 9.88. The van der Waals surface area contributed by atoms with E-state index >= 15 is 0 Å². The standard InChI is InChI=1S/C17H25NO6S/c1-16(2,3)24-15(19)18-17(9-10-22-12-17)14-7-5-13(6-8-14)11-23-25(4,20)21/h5-8H,9-12H2,1-4H3,(H,18,19). The Bertz CT molecular complexity index is 700. The number of benzene rings is 1. The Kier molecular flexibility index (Phi) is 5.75. The molecule has 25 heavy (non-hydrogen) atoms. The highest BCUT2D eigenvalue weighted by Crippen LogP contribution is 2.31. The van der Waals surface area contributed by atoms with Crippen LogP contribution in [0.15, 0.2) is 24.3 Å². The molecule has 0 aromatic heterocycles. The summed E-state index contributed by atoms with van der Waals surface area (Å²) in [5.41, 5.74) is 0.357. The van der Waals surface area contributed by atoms with E-state index in [1.807, 2.05) is 12.1 Å². The van der Waals surface area contributed by atoms with Crippen molar-refractivity contribution in [3.63, 3.8) is 0 Å². The summed E-state index contributed by atoms with van der Waals surface area (Å²) in [6, 6.07) is 7.23. The molecule has 0 aliphatic carbocycles. The number of hydrogen-bond donors (Lipinski definition) is 1. The van der Waals surface area contributed by atoms with Gasteiger partial charge in [0.25, 0.3) is 10.1 Å². The molecule has 0 spiro atoms. The van der Waals surface area contributed by atoms with Gasteiger partial charge in [0.1, 0.15) is 5.60 Å². The maximum absolute atomic E-state index is 12.2. The third-order valence-corrected chi connectivity index (χ3v) is 4.25. The number of alkyl carbamates (subject to hydrolysis) is 1. The van der Waals surface area contributed by atoms with Gasteiger partial charge in [-0.25, -0.2) is 4.79 Å². The number of rotatable bonds is 5. The number of nitrogens with one attached hydrogen (secondary N) is 1. The van der Waals surface area contributed by atoms with E-state index in [1.54, 1.807) is 32.9 Å². The number of ether oxygens (including phenoxy) is 2. The minimum atomic E-state index is -3.49. The van der Waals surface area contributed by atoms with E-state index in [0.717, 1.165) is 17.4 Å². The van der Waals surface area contributed by atoms with Crippen LogP contribution in [0.25, 0.3) is 0 Å². The van der Waals surface area contributed by atoms with Crippen LogP contribution >= 0.6 is 0 Å². The smallest absolute Gasteiger partial charge is 0.408 e. The highest BCUT2D eigenvalue weighted by Gasteiger charge is 2.39. The molecule has 1 aliphatic heterocycles. The summed E-state index contributed by atoms with van der Waals surface area (Å²) in [4.78, 5) is 12.2. The Hall–Kier alpha value is -1.64. The maximum atomic E-state index is 12.2. The Balaban J connectivity index is 2.13. The SMILES string of the molecule is CC(C)(C)OC(=O)NC1(c2ccc(COS(C)(=O)=O)cc2)CCOC1. The third kappa shape index (κ3) is 5.98. The second-order valence-corrected chi connectivity index (χ2v) is 8.82. The predicted molar refractivity (Wildman–Crippen MR) is 92.6 cm³/mol. The number of carbonyl (C=O) groups is 1.